The summed E-state index contributed by atoms with van der Waals surface area (Å²) in [4.78, 5) is 37.8. The van der Waals surface area contributed by atoms with Gasteiger partial charge in [0.1, 0.15) is 19.3 Å². The lowest BCUT2D eigenvalue weighted by Gasteiger charge is -2.27. The van der Waals surface area contributed by atoms with Gasteiger partial charge < -0.3 is 19.4 Å². The van der Waals surface area contributed by atoms with Crippen molar-refractivity contribution in [3.8, 4) is 0 Å². The van der Waals surface area contributed by atoms with E-state index in [1.165, 1.54) is 128 Å². The average molecular weight is 1160 g/mol. The number of likely N-dealkylation sites (N-methyl/N-ethyl adjacent to an activating group) is 1. The van der Waals surface area contributed by atoms with Gasteiger partial charge in [0.25, 0.3) is 0 Å². The summed E-state index contributed by atoms with van der Waals surface area (Å²) in [6.45, 7) is 6.83. The van der Waals surface area contributed by atoms with Crippen LogP contribution in [0.2, 0.25) is 0 Å². The second-order valence-corrected chi connectivity index (χ2v) is 24.7. The minimum atomic E-state index is -4.47. The predicted octanol–water partition coefficient (Wildman–Crippen LogP) is 21.1. The third kappa shape index (κ3) is 61.0. The van der Waals surface area contributed by atoms with E-state index < -0.39 is 20.0 Å². The Morgan fingerprint density at radius 3 is 1.22 bits per heavy atom. The van der Waals surface area contributed by atoms with Crippen molar-refractivity contribution in [3.63, 3.8) is 0 Å². The Hall–Kier alpha value is -3.59. The van der Waals surface area contributed by atoms with Gasteiger partial charge in [-0.05, 0) is 115 Å². The van der Waals surface area contributed by atoms with Crippen LogP contribution < -0.4 is 5.32 Å². The van der Waals surface area contributed by atoms with Gasteiger partial charge in [-0.1, -0.05) is 265 Å². The number of esters is 1. The summed E-state index contributed by atoms with van der Waals surface area (Å²) in [5.41, 5.74) is 0. The first-order valence-electron chi connectivity index (χ1n) is 33.4. The van der Waals surface area contributed by atoms with Gasteiger partial charge in [-0.3, -0.25) is 18.6 Å². The highest BCUT2D eigenvalue weighted by molar-refractivity contribution is 7.47. The quantitative estimate of drug-likeness (QED) is 0.0205. The lowest BCUT2D eigenvalue weighted by molar-refractivity contribution is -0.870. The molecule has 0 spiro atoms. The molecule has 0 saturated carbocycles. The van der Waals surface area contributed by atoms with Crippen LogP contribution in [0.3, 0.4) is 0 Å². The fraction of sp³-hybridized carbons (Fsp3) is 0.694. The molecule has 0 aromatic heterocycles. The topological polar surface area (TPSA) is 111 Å². The van der Waals surface area contributed by atoms with Gasteiger partial charge in [0.2, 0.25) is 5.91 Å². The standard InChI is InChI=1S/C72H125N2O7P/c1-7-10-13-16-19-22-25-28-30-32-33-34-35-36-37-38-39-40-41-43-44-46-49-52-55-58-61-64-71(75)73-69(68-80-82(77,78)79-67-66-74(4,5)6)70(63-60-57-54-51-48-27-24-21-18-15-12-9-3)81-72(76)65-62-59-56-53-50-47-45-42-31-29-26-23-20-17-14-11-8-2/h11,14,19-20,22-23,28-31,33-34,36-37,45,47,53,56,60,63,69-70H,7-10,12-13,15-18,21,24-27,32,35,38-44,46,48-52,54-55,57-59,61-62,64-68H2,1-6H3,(H-,73,75,77,78)/p+1/b14-11-,22-19-,23-20-,30-28-,31-29-,34-33-,37-36-,47-45-,56-53-,63-60-. The molecular formula is C72H126N2O7P+. The van der Waals surface area contributed by atoms with Crippen LogP contribution in [0.1, 0.15) is 271 Å². The molecule has 10 heteroatoms. The van der Waals surface area contributed by atoms with Crippen molar-refractivity contribution in [2.75, 3.05) is 40.9 Å². The molecule has 0 aromatic carbocycles. The average Bonchev–Trinajstić information content (AvgIpc) is 3.44. The first-order valence-corrected chi connectivity index (χ1v) is 34.9. The van der Waals surface area contributed by atoms with E-state index >= 15 is 0 Å². The van der Waals surface area contributed by atoms with E-state index in [0.29, 0.717) is 23.9 Å². The SMILES string of the molecule is CC/C=C\C/C=C\C/C=C\C/C=C\C/C=C\CCCC(=O)OC(/C=C\CCCCCCCCCCCC)C(COP(=O)(O)OCC[N+](C)(C)C)NC(=O)CCCCCCCCCCCCC/C=C\C/C=C\C/C=C\C/C=C\CCCCC. The van der Waals surface area contributed by atoms with E-state index in [9.17, 15) is 19.0 Å². The maximum Gasteiger partial charge on any atom is 0.472 e. The van der Waals surface area contributed by atoms with Gasteiger partial charge >= 0.3 is 13.8 Å². The van der Waals surface area contributed by atoms with Crippen molar-refractivity contribution < 1.29 is 37.3 Å². The summed E-state index contributed by atoms with van der Waals surface area (Å²) in [5, 5.41) is 3.04. The van der Waals surface area contributed by atoms with Crippen molar-refractivity contribution in [2.45, 2.75) is 283 Å². The van der Waals surface area contributed by atoms with Crippen LogP contribution in [-0.2, 0) is 27.9 Å². The van der Waals surface area contributed by atoms with Crippen molar-refractivity contribution >= 4 is 19.7 Å². The maximum absolute atomic E-state index is 13.6. The number of phosphoric acid groups is 1. The first-order chi connectivity index (χ1) is 39.9. The highest BCUT2D eigenvalue weighted by Gasteiger charge is 2.30. The lowest BCUT2D eigenvalue weighted by Crippen LogP contribution is -2.47. The Morgan fingerprint density at radius 1 is 0.439 bits per heavy atom. The summed E-state index contributed by atoms with van der Waals surface area (Å²) in [5.74, 6) is -0.581. The fourth-order valence-corrected chi connectivity index (χ4v) is 9.75. The Balaban J connectivity index is 5.17. The fourth-order valence-electron chi connectivity index (χ4n) is 9.02. The number of ether oxygens (including phenoxy) is 1. The van der Waals surface area contributed by atoms with Crippen molar-refractivity contribution in [1.29, 1.82) is 0 Å². The van der Waals surface area contributed by atoms with Gasteiger partial charge in [0, 0.05) is 12.8 Å². The number of quaternary nitrogens is 1. The minimum Gasteiger partial charge on any atom is -0.456 e. The maximum atomic E-state index is 13.6. The number of hydrogen-bond acceptors (Lipinski definition) is 6. The van der Waals surface area contributed by atoms with E-state index in [2.05, 4.69) is 135 Å². The number of amides is 1. The molecule has 0 heterocycles. The number of carbonyl (C=O) groups is 2. The Bertz CT molecular complexity index is 1820. The Labute approximate surface area is 505 Å². The zero-order chi connectivity index (χ0) is 60.0. The second kappa shape index (κ2) is 60.5. The molecule has 0 aliphatic heterocycles. The zero-order valence-corrected chi connectivity index (χ0v) is 54.6. The monoisotopic (exact) mass is 1160 g/mol. The second-order valence-electron chi connectivity index (χ2n) is 23.3. The molecular weight excluding hydrogens is 1040 g/mol. The van der Waals surface area contributed by atoms with Gasteiger partial charge in [0.15, 0.2) is 0 Å². The molecule has 0 bridgehead atoms. The van der Waals surface area contributed by atoms with Crippen LogP contribution in [-0.4, -0.2) is 74.3 Å². The zero-order valence-electron chi connectivity index (χ0n) is 53.7. The van der Waals surface area contributed by atoms with E-state index in [0.717, 1.165) is 103 Å². The summed E-state index contributed by atoms with van der Waals surface area (Å²) < 4.78 is 30.7. The molecule has 3 atom stereocenters. The third-order valence-electron chi connectivity index (χ3n) is 14.1. The number of carbonyl (C=O) groups excluding carboxylic acids is 2. The largest absolute Gasteiger partial charge is 0.472 e. The van der Waals surface area contributed by atoms with Crippen molar-refractivity contribution in [2.24, 2.45) is 0 Å². The van der Waals surface area contributed by atoms with Crippen LogP contribution in [0.4, 0.5) is 0 Å². The number of unbranched alkanes of at least 4 members (excludes halogenated alkanes) is 25. The lowest BCUT2D eigenvalue weighted by atomic mass is 10.0. The van der Waals surface area contributed by atoms with Crippen LogP contribution in [0.25, 0.3) is 0 Å². The molecule has 0 saturated heterocycles. The molecule has 0 rings (SSSR count). The van der Waals surface area contributed by atoms with E-state index in [1.807, 2.05) is 33.3 Å². The number of rotatable bonds is 59. The van der Waals surface area contributed by atoms with Gasteiger partial charge in [-0.2, -0.15) is 0 Å². The normalized spacial score (nSPS) is 14.4. The summed E-state index contributed by atoms with van der Waals surface area (Å²) in [6.07, 6.45) is 85.0. The van der Waals surface area contributed by atoms with Gasteiger partial charge in [-0.15, -0.1) is 0 Å². The van der Waals surface area contributed by atoms with Crippen LogP contribution in [0.15, 0.2) is 122 Å². The van der Waals surface area contributed by atoms with E-state index in [1.54, 1.807) is 0 Å². The summed E-state index contributed by atoms with van der Waals surface area (Å²) in [6, 6.07) is -0.881. The number of nitrogens with one attached hydrogen (secondary N) is 1. The molecule has 0 radical (unpaired) electrons. The molecule has 0 fully saturated rings. The van der Waals surface area contributed by atoms with Gasteiger partial charge in [0.05, 0.1) is 33.8 Å². The molecule has 470 valence electrons. The summed E-state index contributed by atoms with van der Waals surface area (Å²) >= 11 is 0. The summed E-state index contributed by atoms with van der Waals surface area (Å²) in [7, 11) is 1.45. The molecule has 9 nitrogen and oxygen atoms in total. The molecule has 0 aliphatic carbocycles. The number of phosphoric ester groups is 1. The van der Waals surface area contributed by atoms with E-state index in [4.69, 9.17) is 13.8 Å². The highest BCUT2D eigenvalue weighted by Crippen LogP contribution is 2.43. The third-order valence-corrected chi connectivity index (χ3v) is 15.1. The number of hydrogen-bond donors (Lipinski definition) is 2. The van der Waals surface area contributed by atoms with Crippen molar-refractivity contribution in [3.05, 3.63) is 122 Å². The van der Waals surface area contributed by atoms with Crippen LogP contribution >= 0.6 is 7.82 Å². The minimum absolute atomic E-state index is 0.0250. The predicted molar refractivity (Wildman–Crippen MR) is 355 cm³/mol. The molecule has 82 heavy (non-hydrogen) atoms. The highest BCUT2D eigenvalue weighted by atomic mass is 31.2. The smallest absolute Gasteiger partial charge is 0.456 e. The Kier molecular flexibility index (Phi) is 57.9. The first kappa shape index (κ1) is 78.4. The Morgan fingerprint density at radius 2 is 0.793 bits per heavy atom. The van der Waals surface area contributed by atoms with Crippen molar-refractivity contribution in [1.82, 2.24) is 5.32 Å². The van der Waals surface area contributed by atoms with Gasteiger partial charge in [-0.25, -0.2) is 4.57 Å². The number of allylic oxidation sites excluding steroid dienone is 19. The van der Waals surface area contributed by atoms with Crippen LogP contribution in [0.5, 0.6) is 0 Å². The molecule has 2 N–H and O–H groups in total. The van der Waals surface area contributed by atoms with E-state index in [-0.39, 0.29) is 31.5 Å². The number of nitrogens with zero attached hydrogens (tertiary/aromatic N) is 1. The molecule has 0 aromatic rings. The molecule has 3 unspecified atom stereocenters. The molecule has 0 aliphatic rings. The van der Waals surface area contributed by atoms with Crippen LogP contribution in [0, 0.1) is 0 Å². The molecule has 1 amide bonds.